The highest BCUT2D eigenvalue weighted by Crippen LogP contribution is 2.08. The van der Waals surface area contributed by atoms with Gasteiger partial charge in [-0.15, -0.1) is 0 Å². The van der Waals surface area contributed by atoms with Crippen LogP contribution in [0.3, 0.4) is 0 Å². The molecule has 0 spiro atoms. The molecule has 6 heteroatoms. The fourth-order valence-electron chi connectivity index (χ4n) is 1.41. The molecule has 0 radical (unpaired) electrons. The topological polar surface area (TPSA) is 52.7 Å². The van der Waals surface area contributed by atoms with Crippen LogP contribution >= 0.6 is 23.8 Å². The second kappa shape index (κ2) is 6.37. The number of aromatic nitrogens is 2. The minimum absolute atomic E-state index is 0.611. The summed E-state index contributed by atoms with van der Waals surface area (Å²) in [4.78, 5) is 0. The molecule has 0 aliphatic carbocycles. The number of H-pyrrole nitrogens is 1. The van der Waals surface area contributed by atoms with E-state index in [1.807, 2.05) is 30.3 Å². The highest BCUT2D eigenvalue weighted by Gasteiger charge is 1.98. The molecule has 4 nitrogen and oxygen atoms in total. The lowest BCUT2D eigenvalue weighted by atomic mass is 10.2. The molecule has 0 amide bonds. The van der Waals surface area contributed by atoms with Crippen molar-refractivity contribution in [3.63, 3.8) is 0 Å². The van der Waals surface area contributed by atoms with Crippen molar-refractivity contribution in [1.29, 1.82) is 0 Å². The van der Waals surface area contributed by atoms with E-state index < -0.39 is 0 Å². The van der Waals surface area contributed by atoms with Gasteiger partial charge in [0.2, 0.25) is 0 Å². The number of aromatic amines is 1. The maximum absolute atomic E-state index is 5.81. The summed E-state index contributed by atoms with van der Waals surface area (Å²) in [5.74, 6) is 0. The van der Waals surface area contributed by atoms with Gasteiger partial charge in [0.15, 0.2) is 5.11 Å². The lowest BCUT2D eigenvalue weighted by Crippen LogP contribution is -2.34. The van der Waals surface area contributed by atoms with E-state index in [0.29, 0.717) is 18.2 Å². The average Bonchev–Trinajstić information content (AvgIpc) is 2.89. The van der Waals surface area contributed by atoms with E-state index in [0.717, 1.165) is 16.3 Å². The van der Waals surface area contributed by atoms with Gasteiger partial charge in [-0.05, 0) is 36.0 Å². The number of thiocarbonyl (C=S) groups is 1. The molecule has 1 heterocycles. The van der Waals surface area contributed by atoms with Crippen LogP contribution in [0.4, 0.5) is 0 Å². The van der Waals surface area contributed by atoms with Gasteiger partial charge in [-0.2, -0.15) is 5.10 Å². The Kier molecular flexibility index (Phi) is 4.55. The summed E-state index contributed by atoms with van der Waals surface area (Å²) >= 11 is 11.0. The lowest BCUT2D eigenvalue weighted by molar-refractivity contribution is 0.810. The molecule has 0 bridgehead atoms. The molecule has 2 rings (SSSR count). The minimum atomic E-state index is 0.611. The van der Waals surface area contributed by atoms with Crippen LogP contribution in [-0.4, -0.2) is 15.3 Å². The molecule has 3 N–H and O–H groups in total. The normalized spacial score (nSPS) is 10.1. The van der Waals surface area contributed by atoms with E-state index in [1.165, 1.54) is 0 Å². The second-order valence-electron chi connectivity index (χ2n) is 3.74. The van der Waals surface area contributed by atoms with Crippen LogP contribution in [-0.2, 0) is 13.1 Å². The van der Waals surface area contributed by atoms with Gasteiger partial charge >= 0.3 is 0 Å². The van der Waals surface area contributed by atoms with E-state index in [4.69, 9.17) is 23.8 Å². The minimum Gasteiger partial charge on any atom is -0.359 e. The number of hydrogen-bond acceptors (Lipinski definition) is 2. The smallest absolute Gasteiger partial charge is 0.166 e. The molecule has 18 heavy (non-hydrogen) atoms. The average molecular weight is 281 g/mol. The van der Waals surface area contributed by atoms with Crippen LogP contribution in [0, 0.1) is 0 Å². The highest BCUT2D eigenvalue weighted by atomic mass is 35.5. The van der Waals surface area contributed by atoms with Crippen LogP contribution in [0.1, 0.15) is 11.3 Å². The van der Waals surface area contributed by atoms with E-state index in [2.05, 4.69) is 20.8 Å². The first-order chi connectivity index (χ1) is 8.74. The van der Waals surface area contributed by atoms with Gasteiger partial charge in [0.1, 0.15) is 0 Å². The Labute approximate surface area is 116 Å². The Bertz CT molecular complexity index is 495. The van der Waals surface area contributed by atoms with Crippen molar-refractivity contribution >= 4 is 28.9 Å². The van der Waals surface area contributed by atoms with Crippen molar-refractivity contribution in [1.82, 2.24) is 20.8 Å². The van der Waals surface area contributed by atoms with Gasteiger partial charge in [0.05, 0.1) is 12.2 Å². The molecule has 0 aliphatic rings. The van der Waals surface area contributed by atoms with Crippen molar-refractivity contribution in [3.05, 3.63) is 52.8 Å². The third kappa shape index (κ3) is 4.01. The van der Waals surface area contributed by atoms with E-state index in [9.17, 15) is 0 Å². The molecule has 0 fully saturated rings. The Hall–Kier alpha value is -1.59. The van der Waals surface area contributed by atoms with Crippen molar-refractivity contribution in [3.8, 4) is 0 Å². The Morgan fingerprint density at radius 1 is 1.17 bits per heavy atom. The quantitative estimate of drug-likeness (QED) is 0.752. The lowest BCUT2D eigenvalue weighted by Gasteiger charge is -2.09. The highest BCUT2D eigenvalue weighted by molar-refractivity contribution is 7.80. The molecular weight excluding hydrogens is 268 g/mol. The first kappa shape index (κ1) is 12.9. The molecule has 1 aromatic carbocycles. The SMILES string of the molecule is S=C(NCc1ccc(Cl)cc1)NCc1ccn[nH]1. The summed E-state index contributed by atoms with van der Waals surface area (Å²) in [6.45, 7) is 1.30. The molecule has 0 unspecified atom stereocenters. The van der Waals surface area contributed by atoms with Crippen LogP contribution in [0.2, 0.25) is 5.02 Å². The van der Waals surface area contributed by atoms with Gasteiger partial charge in [0, 0.05) is 17.8 Å². The third-order valence-electron chi connectivity index (χ3n) is 2.36. The zero-order valence-corrected chi connectivity index (χ0v) is 11.2. The molecule has 0 saturated heterocycles. The monoisotopic (exact) mass is 280 g/mol. The van der Waals surface area contributed by atoms with Crippen LogP contribution in [0.5, 0.6) is 0 Å². The number of nitrogens with zero attached hydrogens (tertiary/aromatic N) is 1. The molecule has 0 atom stereocenters. The maximum atomic E-state index is 5.81. The van der Waals surface area contributed by atoms with Crippen molar-refractivity contribution in [2.45, 2.75) is 13.1 Å². The number of benzene rings is 1. The summed E-state index contributed by atoms with van der Waals surface area (Å²) in [7, 11) is 0. The zero-order chi connectivity index (χ0) is 12.8. The van der Waals surface area contributed by atoms with Gasteiger partial charge in [0.25, 0.3) is 0 Å². The van der Waals surface area contributed by atoms with Crippen LogP contribution < -0.4 is 10.6 Å². The summed E-state index contributed by atoms with van der Waals surface area (Å²) in [5.41, 5.74) is 2.12. The molecular formula is C12H13ClN4S. The van der Waals surface area contributed by atoms with Crippen LogP contribution in [0.25, 0.3) is 0 Å². The largest absolute Gasteiger partial charge is 0.359 e. The van der Waals surface area contributed by atoms with Crippen LogP contribution in [0.15, 0.2) is 36.5 Å². The summed E-state index contributed by atoms with van der Waals surface area (Å²) in [6, 6.07) is 9.55. The fourth-order valence-corrected chi connectivity index (χ4v) is 1.68. The Morgan fingerprint density at radius 3 is 2.56 bits per heavy atom. The third-order valence-corrected chi connectivity index (χ3v) is 2.90. The van der Waals surface area contributed by atoms with Crippen molar-refractivity contribution < 1.29 is 0 Å². The predicted octanol–water partition coefficient (Wildman–Crippen LogP) is 2.23. The van der Waals surface area contributed by atoms with Gasteiger partial charge in [-0.3, -0.25) is 5.10 Å². The van der Waals surface area contributed by atoms with E-state index in [1.54, 1.807) is 6.20 Å². The molecule has 1 aromatic heterocycles. The van der Waals surface area contributed by atoms with Gasteiger partial charge < -0.3 is 10.6 Å². The zero-order valence-electron chi connectivity index (χ0n) is 9.61. The first-order valence-electron chi connectivity index (χ1n) is 5.48. The fraction of sp³-hybridized carbons (Fsp3) is 0.167. The predicted molar refractivity (Wildman–Crippen MR) is 76.3 cm³/mol. The van der Waals surface area contributed by atoms with Gasteiger partial charge in [-0.25, -0.2) is 0 Å². The molecule has 0 saturated carbocycles. The Balaban J connectivity index is 1.73. The van der Waals surface area contributed by atoms with E-state index >= 15 is 0 Å². The number of nitrogens with one attached hydrogen (secondary N) is 3. The molecule has 2 aromatic rings. The standard InChI is InChI=1S/C12H13ClN4S/c13-10-3-1-9(2-4-10)7-14-12(18)15-8-11-5-6-16-17-11/h1-6H,7-8H2,(H,16,17)(H2,14,15,18). The van der Waals surface area contributed by atoms with Gasteiger partial charge in [-0.1, -0.05) is 23.7 Å². The van der Waals surface area contributed by atoms with Crippen molar-refractivity contribution in [2.24, 2.45) is 0 Å². The summed E-state index contributed by atoms with van der Waals surface area (Å²) in [6.07, 6.45) is 1.71. The summed E-state index contributed by atoms with van der Waals surface area (Å²) < 4.78 is 0. The number of rotatable bonds is 4. The first-order valence-corrected chi connectivity index (χ1v) is 6.27. The maximum Gasteiger partial charge on any atom is 0.166 e. The summed E-state index contributed by atoms with van der Waals surface area (Å²) in [5, 5.41) is 14.3. The Morgan fingerprint density at radius 2 is 1.89 bits per heavy atom. The van der Waals surface area contributed by atoms with E-state index in [-0.39, 0.29) is 0 Å². The molecule has 94 valence electrons. The number of halogens is 1. The number of hydrogen-bond donors (Lipinski definition) is 3. The van der Waals surface area contributed by atoms with Crippen molar-refractivity contribution in [2.75, 3.05) is 0 Å². The second-order valence-corrected chi connectivity index (χ2v) is 4.59. The molecule has 0 aliphatic heterocycles.